The maximum absolute atomic E-state index is 12.8. The predicted octanol–water partition coefficient (Wildman–Crippen LogP) is 4.03. The van der Waals surface area contributed by atoms with E-state index in [-0.39, 0.29) is 17.3 Å². The minimum Gasteiger partial charge on any atom is -0.350 e. The highest BCUT2D eigenvalue weighted by Gasteiger charge is 2.37. The van der Waals surface area contributed by atoms with Gasteiger partial charge in [0.05, 0.1) is 28.5 Å². The molecule has 9 heteroatoms. The van der Waals surface area contributed by atoms with Gasteiger partial charge in [-0.25, -0.2) is 0 Å². The van der Waals surface area contributed by atoms with Crippen LogP contribution in [0.4, 0.5) is 18.9 Å². The van der Waals surface area contributed by atoms with Crippen LogP contribution in [0.1, 0.15) is 25.1 Å². The van der Waals surface area contributed by atoms with Gasteiger partial charge in [0.25, 0.3) is 0 Å². The van der Waals surface area contributed by atoms with Crippen LogP contribution in [0.3, 0.4) is 0 Å². The largest absolute Gasteiger partial charge is 0.416 e. The minimum absolute atomic E-state index is 0.0685. The molecule has 1 heterocycles. The normalized spacial score (nSPS) is 11.8. The number of alkyl halides is 3. The molecule has 0 unspecified atom stereocenters. The summed E-state index contributed by atoms with van der Waals surface area (Å²) in [6.07, 6.45) is -3.02. The Labute approximate surface area is 158 Å². The van der Waals surface area contributed by atoms with E-state index < -0.39 is 29.0 Å². The van der Waals surface area contributed by atoms with Crippen LogP contribution >= 0.6 is 11.6 Å². The van der Waals surface area contributed by atoms with E-state index in [4.69, 9.17) is 11.6 Å². The van der Waals surface area contributed by atoms with Gasteiger partial charge in [0.2, 0.25) is 11.8 Å². The molecule has 0 saturated heterocycles. The van der Waals surface area contributed by atoms with Gasteiger partial charge in [-0.15, -0.1) is 0 Å². The fraction of sp³-hybridized carbons (Fsp3) is 0.278. The zero-order valence-electron chi connectivity index (χ0n) is 14.5. The first-order chi connectivity index (χ1) is 12.5. The van der Waals surface area contributed by atoms with Gasteiger partial charge in [-0.2, -0.15) is 13.2 Å². The molecule has 0 aliphatic rings. The Kier molecular flexibility index (Phi) is 6.10. The van der Waals surface area contributed by atoms with E-state index in [2.05, 4.69) is 15.6 Å². The van der Waals surface area contributed by atoms with E-state index in [0.717, 1.165) is 18.2 Å². The van der Waals surface area contributed by atoms with E-state index >= 15 is 0 Å². The summed E-state index contributed by atoms with van der Waals surface area (Å²) in [6, 6.07) is 7.75. The first kappa shape index (κ1) is 20.7. The second kappa shape index (κ2) is 7.96. The highest BCUT2D eigenvalue weighted by atomic mass is 35.5. The zero-order valence-corrected chi connectivity index (χ0v) is 15.3. The Bertz CT molecular complexity index is 839. The zero-order chi connectivity index (χ0) is 20.2. The lowest BCUT2D eigenvalue weighted by molar-refractivity contribution is -0.139. The first-order valence-electron chi connectivity index (χ1n) is 7.88. The van der Waals surface area contributed by atoms with Crippen molar-refractivity contribution in [2.24, 2.45) is 5.41 Å². The lowest BCUT2D eigenvalue weighted by Gasteiger charge is -2.23. The Balaban J connectivity index is 2.10. The maximum Gasteiger partial charge on any atom is 0.416 e. The van der Waals surface area contributed by atoms with Crippen molar-refractivity contribution in [3.05, 3.63) is 58.9 Å². The summed E-state index contributed by atoms with van der Waals surface area (Å²) >= 11 is 5.87. The summed E-state index contributed by atoms with van der Waals surface area (Å²) in [5.74, 6) is -1.39. The van der Waals surface area contributed by atoms with Crippen LogP contribution < -0.4 is 10.6 Å². The molecule has 2 N–H and O–H groups in total. The number of aromatic nitrogens is 1. The summed E-state index contributed by atoms with van der Waals surface area (Å²) < 4.78 is 38.5. The number of anilines is 1. The fourth-order valence-electron chi connectivity index (χ4n) is 2.07. The highest BCUT2D eigenvalue weighted by Crippen LogP contribution is 2.34. The number of nitrogens with zero attached hydrogens (tertiary/aromatic N) is 1. The van der Waals surface area contributed by atoms with Crippen molar-refractivity contribution >= 4 is 29.1 Å². The molecule has 1 aromatic carbocycles. The molecule has 1 aromatic heterocycles. The van der Waals surface area contributed by atoms with E-state index in [1.165, 1.54) is 13.8 Å². The quantitative estimate of drug-likeness (QED) is 0.745. The van der Waals surface area contributed by atoms with E-state index in [0.29, 0.717) is 5.69 Å². The molecule has 0 aliphatic carbocycles. The third-order valence-electron chi connectivity index (χ3n) is 3.83. The van der Waals surface area contributed by atoms with Crippen molar-refractivity contribution < 1.29 is 22.8 Å². The van der Waals surface area contributed by atoms with Crippen LogP contribution in [0.25, 0.3) is 0 Å². The number of halogens is 4. The van der Waals surface area contributed by atoms with E-state index in [9.17, 15) is 22.8 Å². The number of hydrogen-bond acceptors (Lipinski definition) is 3. The summed E-state index contributed by atoms with van der Waals surface area (Å²) in [4.78, 5) is 28.9. The van der Waals surface area contributed by atoms with Crippen LogP contribution in [-0.4, -0.2) is 16.8 Å². The number of rotatable bonds is 5. The fourth-order valence-corrected chi connectivity index (χ4v) is 2.24. The number of hydrogen-bond donors (Lipinski definition) is 2. The van der Waals surface area contributed by atoms with Crippen LogP contribution in [0, 0.1) is 5.41 Å². The number of pyridine rings is 1. The van der Waals surface area contributed by atoms with Crippen LogP contribution in [0.15, 0.2) is 42.6 Å². The molecule has 2 amide bonds. The van der Waals surface area contributed by atoms with E-state index in [1.807, 2.05) is 0 Å². The van der Waals surface area contributed by atoms with Gasteiger partial charge in [-0.1, -0.05) is 17.7 Å². The smallest absolute Gasteiger partial charge is 0.350 e. The summed E-state index contributed by atoms with van der Waals surface area (Å²) in [5.41, 5.74) is -2.13. The molecule has 0 radical (unpaired) electrons. The van der Waals surface area contributed by atoms with Gasteiger partial charge in [0.15, 0.2) is 0 Å². The minimum atomic E-state index is -4.58. The molecule has 144 valence electrons. The van der Waals surface area contributed by atoms with Crippen LogP contribution in [0.2, 0.25) is 5.02 Å². The van der Waals surface area contributed by atoms with Crippen molar-refractivity contribution in [3.63, 3.8) is 0 Å². The highest BCUT2D eigenvalue weighted by molar-refractivity contribution is 6.34. The van der Waals surface area contributed by atoms with Crippen molar-refractivity contribution in [1.29, 1.82) is 0 Å². The Hall–Kier alpha value is -2.61. The third-order valence-corrected chi connectivity index (χ3v) is 4.16. The molecule has 2 rings (SSSR count). The number of carbonyl (C=O) groups excluding carboxylic acids is 2. The van der Waals surface area contributed by atoms with Crippen LogP contribution in [0.5, 0.6) is 0 Å². The van der Waals surface area contributed by atoms with Gasteiger partial charge in [-0.05, 0) is 44.2 Å². The third kappa shape index (κ3) is 5.19. The second-order valence-corrected chi connectivity index (χ2v) is 6.68. The summed E-state index contributed by atoms with van der Waals surface area (Å²) in [5, 5.41) is 4.81. The number of amides is 2. The lowest BCUT2D eigenvalue weighted by Crippen LogP contribution is -2.45. The molecule has 5 nitrogen and oxygen atoms in total. The Morgan fingerprint density at radius 2 is 1.81 bits per heavy atom. The monoisotopic (exact) mass is 399 g/mol. The van der Waals surface area contributed by atoms with Gasteiger partial charge >= 0.3 is 6.18 Å². The number of benzene rings is 1. The van der Waals surface area contributed by atoms with E-state index in [1.54, 1.807) is 24.4 Å². The molecule has 0 aliphatic heterocycles. The molecule has 0 saturated carbocycles. The Morgan fingerprint density at radius 1 is 1.11 bits per heavy atom. The molecule has 2 aromatic rings. The summed E-state index contributed by atoms with van der Waals surface area (Å²) in [6.45, 7) is 2.83. The lowest BCUT2D eigenvalue weighted by atomic mass is 9.91. The average Bonchev–Trinajstić information content (AvgIpc) is 2.61. The molecule has 27 heavy (non-hydrogen) atoms. The van der Waals surface area contributed by atoms with Gasteiger partial charge in [0, 0.05) is 6.20 Å². The van der Waals surface area contributed by atoms with Crippen molar-refractivity contribution in [2.75, 3.05) is 5.32 Å². The molecular formula is C18H17ClF3N3O2. The maximum atomic E-state index is 12.8. The predicted molar refractivity (Wildman–Crippen MR) is 94.9 cm³/mol. The molecule has 0 fully saturated rings. The van der Waals surface area contributed by atoms with Gasteiger partial charge in [-0.3, -0.25) is 14.6 Å². The van der Waals surface area contributed by atoms with Gasteiger partial charge in [0.1, 0.15) is 5.41 Å². The standard InChI is InChI=1S/C18H17ClF3N3O2/c1-17(2,15(26)24-10-12-5-3-4-8-23-12)16(27)25-14-9-11(18(20,21)22)6-7-13(14)19/h3-9H,10H2,1-2H3,(H,24,26)(H,25,27). The molecule has 0 atom stereocenters. The van der Waals surface area contributed by atoms with Crippen LogP contribution in [-0.2, 0) is 22.3 Å². The molecule has 0 spiro atoms. The molecular weight excluding hydrogens is 383 g/mol. The molecule has 0 bridgehead atoms. The first-order valence-corrected chi connectivity index (χ1v) is 8.26. The summed E-state index contributed by atoms with van der Waals surface area (Å²) in [7, 11) is 0. The Morgan fingerprint density at radius 3 is 2.41 bits per heavy atom. The van der Waals surface area contributed by atoms with Crippen molar-refractivity contribution in [1.82, 2.24) is 10.3 Å². The SMILES string of the molecule is CC(C)(C(=O)NCc1ccccn1)C(=O)Nc1cc(C(F)(F)F)ccc1Cl. The second-order valence-electron chi connectivity index (χ2n) is 6.28. The van der Waals surface area contributed by atoms with Crippen molar-refractivity contribution in [3.8, 4) is 0 Å². The average molecular weight is 400 g/mol. The topological polar surface area (TPSA) is 71.1 Å². The number of nitrogens with one attached hydrogen (secondary N) is 2. The number of carbonyl (C=O) groups is 2. The van der Waals surface area contributed by atoms with Gasteiger partial charge < -0.3 is 10.6 Å². The van der Waals surface area contributed by atoms with Crippen molar-refractivity contribution in [2.45, 2.75) is 26.6 Å².